The second kappa shape index (κ2) is 11.5. The number of carbonyl (C=O) groups excluding carboxylic acids is 2. The van der Waals surface area contributed by atoms with E-state index in [1.165, 1.54) is 0 Å². The van der Waals surface area contributed by atoms with Gasteiger partial charge in [0.05, 0.1) is 6.54 Å². The van der Waals surface area contributed by atoms with Crippen molar-refractivity contribution in [1.29, 1.82) is 0 Å². The summed E-state index contributed by atoms with van der Waals surface area (Å²) >= 11 is 0. The zero-order chi connectivity index (χ0) is 20.3. The number of nitrogens with zero attached hydrogens (tertiary/aromatic N) is 1. The molecule has 1 aliphatic carbocycles. The zero-order valence-corrected chi connectivity index (χ0v) is 15.3. The number of allylic oxidation sites excluding steroid dienone is 2. The molecule has 2 N–H and O–H groups in total. The van der Waals surface area contributed by atoms with Crippen LogP contribution in [0.4, 0.5) is 13.2 Å². The van der Waals surface area contributed by atoms with E-state index in [4.69, 9.17) is 9.90 Å². The van der Waals surface area contributed by atoms with E-state index in [1.54, 1.807) is 10.2 Å². The summed E-state index contributed by atoms with van der Waals surface area (Å²) in [7, 11) is 0. The molecule has 0 aromatic rings. The van der Waals surface area contributed by atoms with Crippen LogP contribution in [-0.2, 0) is 14.4 Å². The first-order valence-electron chi connectivity index (χ1n) is 8.38. The van der Waals surface area contributed by atoms with Crippen LogP contribution in [0.5, 0.6) is 0 Å². The van der Waals surface area contributed by atoms with E-state index in [0.717, 1.165) is 18.8 Å². The van der Waals surface area contributed by atoms with Gasteiger partial charge in [-0.1, -0.05) is 32.9 Å². The fourth-order valence-electron chi connectivity index (χ4n) is 2.59. The van der Waals surface area contributed by atoms with Crippen LogP contribution in [-0.4, -0.2) is 54.1 Å². The number of carbonyl (C=O) groups is 3. The van der Waals surface area contributed by atoms with E-state index < -0.39 is 24.5 Å². The van der Waals surface area contributed by atoms with E-state index in [0.29, 0.717) is 24.9 Å². The second-order valence-corrected chi connectivity index (χ2v) is 6.78. The molecule has 1 heterocycles. The summed E-state index contributed by atoms with van der Waals surface area (Å²) < 4.78 is 35.9. The molecule has 1 aliphatic heterocycles. The smallest absolute Gasteiger partial charge is 0.471 e. The average Bonchev–Trinajstić information content (AvgIpc) is 2.95. The van der Waals surface area contributed by atoms with Crippen molar-refractivity contribution < 1.29 is 32.7 Å². The molecule has 0 aromatic carbocycles. The van der Waals surface area contributed by atoms with Crippen molar-refractivity contribution in [2.45, 2.75) is 39.8 Å². The van der Waals surface area contributed by atoms with Crippen LogP contribution in [0.25, 0.3) is 0 Å². The lowest BCUT2D eigenvalue weighted by atomic mass is 9.86. The number of likely N-dealkylation sites (tertiary alicyclic amines) is 1. The molecular formula is C17H27F3N2O4. The summed E-state index contributed by atoms with van der Waals surface area (Å²) in [5.41, 5.74) is 0. The van der Waals surface area contributed by atoms with Gasteiger partial charge >= 0.3 is 12.1 Å². The maximum absolute atomic E-state index is 12.0. The predicted octanol–water partition coefficient (Wildman–Crippen LogP) is 2.45. The highest BCUT2D eigenvalue weighted by molar-refractivity contribution is 5.87. The first-order chi connectivity index (χ1) is 12.0. The molecule has 1 saturated heterocycles. The summed E-state index contributed by atoms with van der Waals surface area (Å²) in [5.74, 6) is -0.898. The summed E-state index contributed by atoms with van der Waals surface area (Å²) in [6.07, 6.45) is 1.01. The van der Waals surface area contributed by atoms with Crippen molar-refractivity contribution in [2.24, 2.45) is 17.8 Å². The number of hydrogen-bond acceptors (Lipinski definition) is 3. The standard InChI is InChI=1S/C12H15F3N2O2.C4H10.CH2O2/c13-12(14,15)11(19)16-5-10(18)17-6-8-3-1-2-4-9(8)7-17;1-4(2)3;2-1-3/h1-2,8-9H,3-7H2,(H,16,19);4H,1-3H3;1H,(H,2,3)/t8-,9+;;. The molecule has 0 aromatic heterocycles. The number of nitrogens with one attached hydrogen (secondary N) is 1. The van der Waals surface area contributed by atoms with E-state index in [9.17, 15) is 22.8 Å². The maximum atomic E-state index is 12.0. The molecule has 1 fully saturated rings. The highest BCUT2D eigenvalue weighted by Crippen LogP contribution is 2.32. The summed E-state index contributed by atoms with van der Waals surface area (Å²) in [4.78, 5) is 32.3. The lowest BCUT2D eigenvalue weighted by Gasteiger charge is -2.17. The van der Waals surface area contributed by atoms with Crippen LogP contribution in [0, 0.1) is 17.8 Å². The van der Waals surface area contributed by atoms with Crippen LogP contribution >= 0.6 is 0 Å². The van der Waals surface area contributed by atoms with Gasteiger partial charge in [-0.2, -0.15) is 13.2 Å². The number of halogens is 3. The maximum Gasteiger partial charge on any atom is 0.471 e. The Morgan fingerprint density at radius 2 is 1.58 bits per heavy atom. The summed E-state index contributed by atoms with van der Waals surface area (Å²) in [6.45, 7) is 6.79. The lowest BCUT2D eigenvalue weighted by Crippen LogP contribution is -2.44. The van der Waals surface area contributed by atoms with Gasteiger partial charge in [-0.3, -0.25) is 14.4 Å². The van der Waals surface area contributed by atoms with Gasteiger partial charge in [-0.15, -0.1) is 0 Å². The van der Waals surface area contributed by atoms with Crippen LogP contribution in [0.3, 0.4) is 0 Å². The van der Waals surface area contributed by atoms with Gasteiger partial charge in [-0.25, -0.2) is 0 Å². The first-order valence-corrected chi connectivity index (χ1v) is 8.38. The fourth-order valence-corrected chi connectivity index (χ4v) is 2.59. The molecule has 150 valence electrons. The Labute approximate surface area is 151 Å². The molecule has 2 atom stereocenters. The Morgan fingerprint density at radius 3 is 1.92 bits per heavy atom. The second-order valence-electron chi connectivity index (χ2n) is 6.78. The van der Waals surface area contributed by atoms with Gasteiger partial charge in [0.25, 0.3) is 6.47 Å². The molecule has 6 nitrogen and oxygen atoms in total. The van der Waals surface area contributed by atoms with Crippen LogP contribution in [0.15, 0.2) is 12.2 Å². The van der Waals surface area contributed by atoms with Gasteiger partial charge in [0.15, 0.2) is 0 Å². The van der Waals surface area contributed by atoms with E-state index >= 15 is 0 Å². The average molecular weight is 380 g/mol. The molecule has 26 heavy (non-hydrogen) atoms. The summed E-state index contributed by atoms with van der Waals surface area (Å²) in [5, 5.41) is 8.50. The molecule has 2 aliphatic rings. The van der Waals surface area contributed by atoms with Crippen molar-refractivity contribution in [2.75, 3.05) is 19.6 Å². The lowest BCUT2D eigenvalue weighted by molar-refractivity contribution is -0.174. The van der Waals surface area contributed by atoms with Gasteiger partial charge < -0.3 is 15.3 Å². The minimum atomic E-state index is -4.94. The normalized spacial score (nSPS) is 21.0. The van der Waals surface area contributed by atoms with Crippen LogP contribution < -0.4 is 5.32 Å². The number of carboxylic acid groups (broad SMARTS) is 1. The molecule has 0 unspecified atom stereocenters. The number of amides is 2. The minimum Gasteiger partial charge on any atom is -0.483 e. The highest BCUT2D eigenvalue weighted by Gasteiger charge is 2.39. The quantitative estimate of drug-likeness (QED) is 0.569. The third-order valence-electron chi connectivity index (χ3n) is 3.63. The SMILES string of the molecule is CC(C)C.O=C(CNC(=O)C(F)(F)F)N1C[C@H]2CC=CC[C@H]2C1.O=CO. The van der Waals surface area contributed by atoms with Gasteiger partial charge in [0, 0.05) is 13.1 Å². The fraction of sp³-hybridized carbons (Fsp3) is 0.706. The summed E-state index contributed by atoms with van der Waals surface area (Å²) in [6, 6.07) is 0. The van der Waals surface area contributed by atoms with Crippen LogP contribution in [0.2, 0.25) is 0 Å². The predicted molar refractivity (Wildman–Crippen MR) is 90.2 cm³/mol. The van der Waals surface area contributed by atoms with Gasteiger partial charge in [0.1, 0.15) is 0 Å². The largest absolute Gasteiger partial charge is 0.483 e. The number of fused-ring (bicyclic) bond motifs is 1. The van der Waals surface area contributed by atoms with Crippen molar-refractivity contribution in [3.63, 3.8) is 0 Å². The first kappa shape index (κ1) is 23.9. The van der Waals surface area contributed by atoms with E-state index in [1.807, 2.05) is 0 Å². The molecule has 0 saturated carbocycles. The number of rotatable bonds is 2. The third kappa shape index (κ3) is 9.43. The minimum absolute atomic E-state index is 0.250. The Hall–Kier alpha value is -2.06. The monoisotopic (exact) mass is 380 g/mol. The van der Waals surface area contributed by atoms with Gasteiger partial charge in [-0.05, 0) is 30.6 Å². The molecule has 2 amide bonds. The van der Waals surface area contributed by atoms with Crippen LogP contribution in [0.1, 0.15) is 33.6 Å². The molecule has 0 spiro atoms. The molecule has 9 heteroatoms. The van der Waals surface area contributed by atoms with Gasteiger partial charge in [0.2, 0.25) is 5.91 Å². The van der Waals surface area contributed by atoms with Crippen molar-refractivity contribution >= 4 is 18.3 Å². The number of alkyl halides is 3. The Kier molecular flexibility index (Phi) is 10.6. The molecule has 0 bridgehead atoms. The topological polar surface area (TPSA) is 86.7 Å². The highest BCUT2D eigenvalue weighted by atomic mass is 19.4. The third-order valence-corrected chi connectivity index (χ3v) is 3.63. The van der Waals surface area contributed by atoms with Crippen molar-refractivity contribution in [1.82, 2.24) is 10.2 Å². The van der Waals surface area contributed by atoms with E-state index in [-0.39, 0.29) is 6.47 Å². The van der Waals surface area contributed by atoms with E-state index in [2.05, 4.69) is 32.9 Å². The Balaban J connectivity index is 0.000000770. The van der Waals surface area contributed by atoms with Crippen molar-refractivity contribution in [3.8, 4) is 0 Å². The Morgan fingerprint density at radius 1 is 1.19 bits per heavy atom. The zero-order valence-electron chi connectivity index (χ0n) is 15.3. The molecule has 2 rings (SSSR count). The molecular weight excluding hydrogens is 353 g/mol. The Bertz CT molecular complexity index is 474. The number of hydrogen-bond donors (Lipinski definition) is 2. The molecule has 0 radical (unpaired) electrons. The van der Waals surface area contributed by atoms with Crippen molar-refractivity contribution in [3.05, 3.63) is 12.2 Å².